The van der Waals surface area contributed by atoms with E-state index in [0.717, 1.165) is 10.0 Å². The molecule has 0 aliphatic heterocycles. The van der Waals surface area contributed by atoms with Gasteiger partial charge in [0.15, 0.2) is 5.16 Å². The molecule has 1 N–H and O–H groups in total. The van der Waals surface area contributed by atoms with Crippen molar-refractivity contribution in [3.63, 3.8) is 0 Å². The van der Waals surface area contributed by atoms with Crippen LogP contribution < -0.4 is 5.43 Å². The lowest BCUT2D eigenvalue weighted by molar-refractivity contribution is -0.118. The fraction of sp³-hybridized carbons (Fsp3) is 0.0769. The summed E-state index contributed by atoms with van der Waals surface area (Å²) < 4.78 is 0.963. The molecular weight excluding hydrogens is 340 g/mol. The second-order valence-corrected chi connectivity index (χ2v) is 5.53. The maximum Gasteiger partial charge on any atom is 0.250 e. The Balaban J connectivity index is 1.78. The lowest BCUT2D eigenvalue weighted by Gasteiger charge is -1.99. The van der Waals surface area contributed by atoms with Gasteiger partial charge in [-0.25, -0.2) is 15.4 Å². The van der Waals surface area contributed by atoms with Gasteiger partial charge in [0.05, 0.1) is 12.0 Å². The van der Waals surface area contributed by atoms with E-state index in [1.807, 2.05) is 24.3 Å². The summed E-state index contributed by atoms with van der Waals surface area (Å²) in [5, 5.41) is 4.46. The lowest BCUT2D eigenvalue weighted by Crippen LogP contribution is -2.19. The predicted molar refractivity (Wildman–Crippen MR) is 82.6 cm³/mol. The van der Waals surface area contributed by atoms with Crippen molar-refractivity contribution in [1.29, 1.82) is 0 Å². The molecule has 1 amide bonds. The highest BCUT2D eigenvalue weighted by Crippen LogP contribution is 2.10. The Morgan fingerprint density at radius 2 is 2.15 bits per heavy atom. The van der Waals surface area contributed by atoms with Gasteiger partial charge in [-0.1, -0.05) is 39.8 Å². The Kier molecular flexibility index (Phi) is 5.69. The van der Waals surface area contributed by atoms with Gasteiger partial charge in [-0.15, -0.1) is 0 Å². The minimum Gasteiger partial charge on any atom is -0.272 e. The highest BCUT2D eigenvalue weighted by Gasteiger charge is 2.02. The number of halogens is 1. The summed E-state index contributed by atoms with van der Waals surface area (Å²) in [6.45, 7) is 0. The second kappa shape index (κ2) is 7.76. The monoisotopic (exact) mass is 350 g/mol. The number of carbonyl (C=O) groups is 1. The van der Waals surface area contributed by atoms with E-state index in [2.05, 4.69) is 36.4 Å². The number of amides is 1. The Bertz CT molecular complexity index is 606. The first-order valence-electron chi connectivity index (χ1n) is 5.71. The molecule has 0 radical (unpaired) electrons. The average Bonchev–Trinajstić information content (AvgIpc) is 2.46. The minimum atomic E-state index is -0.200. The van der Waals surface area contributed by atoms with E-state index in [0.29, 0.717) is 5.16 Å². The molecule has 2 aromatic rings. The zero-order valence-electron chi connectivity index (χ0n) is 10.4. The third kappa shape index (κ3) is 5.10. The molecule has 1 heterocycles. The first-order chi connectivity index (χ1) is 9.74. The van der Waals surface area contributed by atoms with Gasteiger partial charge < -0.3 is 0 Å². The van der Waals surface area contributed by atoms with Crippen molar-refractivity contribution in [2.24, 2.45) is 5.10 Å². The lowest BCUT2D eigenvalue weighted by atomic mass is 10.2. The number of nitrogens with zero attached hydrogens (tertiary/aromatic N) is 3. The van der Waals surface area contributed by atoms with E-state index in [1.54, 1.807) is 24.7 Å². The topological polar surface area (TPSA) is 67.2 Å². The van der Waals surface area contributed by atoms with E-state index in [-0.39, 0.29) is 11.7 Å². The standard InChI is InChI=1S/C13H11BrN4OS/c14-11-4-1-3-10(7-11)8-17-18-12(19)9-20-13-15-5-2-6-16-13/h1-8H,9H2,(H,18,19). The zero-order chi connectivity index (χ0) is 14.2. The fourth-order valence-corrected chi connectivity index (χ4v) is 2.30. The number of hydrogen-bond donors (Lipinski definition) is 1. The van der Waals surface area contributed by atoms with Crippen molar-refractivity contribution >= 4 is 39.8 Å². The fourth-order valence-electron chi connectivity index (χ4n) is 1.29. The van der Waals surface area contributed by atoms with Gasteiger partial charge in [0.25, 0.3) is 5.91 Å². The third-order valence-electron chi connectivity index (χ3n) is 2.13. The van der Waals surface area contributed by atoms with Crippen LogP contribution in [0.3, 0.4) is 0 Å². The SMILES string of the molecule is O=C(CSc1ncccn1)NN=Cc1cccc(Br)c1. The van der Waals surface area contributed by atoms with Crippen LogP contribution in [0.25, 0.3) is 0 Å². The molecule has 20 heavy (non-hydrogen) atoms. The van der Waals surface area contributed by atoms with Crippen molar-refractivity contribution in [1.82, 2.24) is 15.4 Å². The first kappa shape index (κ1) is 14.7. The summed E-state index contributed by atoms with van der Waals surface area (Å²) in [7, 11) is 0. The van der Waals surface area contributed by atoms with Crippen molar-refractivity contribution in [3.05, 3.63) is 52.8 Å². The van der Waals surface area contributed by atoms with Crippen molar-refractivity contribution in [2.75, 3.05) is 5.75 Å². The van der Waals surface area contributed by atoms with E-state index in [1.165, 1.54) is 11.8 Å². The van der Waals surface area contributed by atoms with Gasteiger partial charge in [0.1, 0.15) is 0 Å². The number of rotatable bonds is 5. The molecule has 0 unspecified atom stereocenters. The van der Waals surface area contributed by atoms with Gasteiger partial charge in [-0.2, -0.15) is 5.10 Å². The Hall–Kier alpha value is -1.73. The van der Waals surface area contributed by atoms with Crippen LogP contribution in [-0.2, 0) is 4.79 Å². The normalized spacial score (nSPS) is 10.7. The molecule has 7 heteroatoms. The molecule has 0 bridgehead atoms. The van der Waals surface area contributed by atoms with E-state index in [9.17, 15) is 4.79 Å². The minimum absolute atomic E-state index is 0.200. The van der Waals surface area contributed by atoms with Crippen LogP contribution in [0.4, 0.5) is 0 Å². The summed E-state index contributed by atoms with van der Waals surface area (Å²) in [6, 6.07) is 9.35. The Morgan fingerprint density at radius 1 is 1.35 bits per heavy atom. The molecule has 1 aromatic carbocycles. The number of hydrazone groups is 1. The third-order valence-corrected chi connectivity index (χ3v) is 3.49. The number of hydrogen-bond acceptors (Lipinski definition) is 5. The molecule has 0 aliphatic rings. The first-order valence-corrected chi connectivity index (χ1v) is 7.49. The smallest absolute Gasteiger partial charge is 0.250 e. The van der Waals surface area contributed by atoms with Crippen molar-refractivity contribution in [3.8, 4) is 0 Å². The molecule has 2 rings (SSSR count). The Morgan fingerprint density at radius 3 is 2.90 bits per heavy atom. The van der Waals surface area contributed by atoms with Gasteiger partial charge in [0.2, 0.25) is 0 Å². The summed E-state index contributed by atoms with van der Waals surface area (Å²) >= 11 is 4.63. The van der Waals surface area contributed by atoms with Crippen LogP contribution in [-0.4, -0.2) is 27.8 Å². The molecule has 0 atom stereocenters. The molecular formula is C13H11BrN4OS. The van der Waals surface area contributed by atoms with E-state index in [4.69, 9.17) is 0 Å². The van der Waals surface area contributed by atoms with Crippen LogP contribution in [0.5, 0.6) is 0 Å². The molecule has 0 fully saturated rings. The highest BCUT2D eigenvalue weighted by molar-refractivity contribution is 9.10. The number of carbonyl (C=O) groups excluding carboxylic acids is 1. The summed E-state index contributed by atoms with van der Waals surface area (Å²) in [5.74, 6) is 0.0218. The average molecular weight is 351 g/mol. The van der Waals surface area contributed by atoms with Gasteiger partial charge in [0, 0.05) is 16.9 Å². The zero-order valence-corrected chi connectivity index (χ0v) is 12.8. The molecule has 102 valence electrons. The van der Waals surface area contributed by atoms with Crippen molar-refractivity contribution < 1.29 is 4.79 Å². The molecule has 0 spiro atoms. The summed E-state index contributed by atoms with van der Waals surface area (Å²) in [6.07, 6.45) is 4.86. The molecule has 0 saturated heterocycles. The summed E-state index contributed by atoms with van der Waals surface area (Å²) in [4.78, 5) is 19.6. The largest absolute Gasteiger partial charge is 0.272 e. The van der Waals surface area contributed by atoms with Crippen LogP contribution >= 0.6 is 27.7 Å². The predicted octanol–water partition coefficient (Wildman–Crippen LogP) is 2.48. The number of aromatic nitrogens is 2. The Labute approximate surface area is 129 Å². The maximum absolute atomic E-state index is 11.6. The molecule has 0 saturated carbocycles. The number of nitrogens with one attached hydrogen (secondary N) is 1. The van der Waals surface area contributed by atoms with Crippen LogP contribution in [0.2, 0.25) is 0 Å². The van der Waals surface area contributed by atoms with Crippen LogP contribution in [0.15, 0.2) is 57.5 Å². The van der Waals surface area contributed by atoms with Gasteiger partial charge in [-0.05, 0) is 23.8 Å². The van der Waals surface area contributed by atoms with E-state index < -0.39 is 0 Å². The maximum atomic E-state index is 11.6. The van der Waals surface area contributed by atoms with Gasteiger partial charge in [-0.3, -0.25) is 4.79 Å². The van der Waals surface area contributed by atoms with Crippen LogP contribution in [0, 0.1) is 0 Å². The molecule has 5 nitrogen and oxygen atoms in total. The highest BCUT2D eigenvalue weighted by atomic mass is 79.9. The number of benzene rings is 1. The quantitative estimate of drug-likeness (QED) is 0.389. The van der Waals surface area contributed by atoms with Gasteiger partial charge >= 0.3 is 0 Å². The second-order valence-electron chi connectivity index (χ2n) is 3.67. The van der Waals surface area contributed by atoms with Crippen LogP contribution in [0.1, 0.15) is 5.56 Å². The number of thioether (sulfide) groups is 1. The summed E-state index contributed by atoms with van der Waals surface area (Å²) in [5.41, 5.74) is 3.36. The molecule has 1 aromatic heterocycles. The molecule has 0 aliphatic carbocycles. The van der Waals surface area contributed by atoms with E-state index >= 15 is 0 Å². The van der Waals surface area contributed by atoms with Crippen molar-refractivity contribution in [2.45, 2.75) is 5.16 Å².